The summed E-state index contributed by atoms with van der Waals surface area (Å²) in [5.41, 5.74) is -1.63. The lowest BCUT2D eigenvalue weighted by Crippen LogP contribution is -2.32. The van der Waals surface area contributed by atoms with Gasteiger partial charge in [-0.2, -0.15) is 18.4 Å². The van der Waals surface area contributed by atoms with Crippen molar-refractivity contribution in [3.63, 3.8) is 0 Å². The van der Waals surface area contributed by atoms with Crippen molar-refractivity contribution in [2.45, 2.75) is 13.1 Å². The van der Waals surface area contributed by atoms with E-state index in [4.69, 9.17) is 9.37 Å². The number of hydrogen-bond acceptors (Lipinski definition) is 4. The first-order chi connectivity index (χ1) is 13.3. The Labute approximate surface area is 151 Å². The van der Waals surface area contributed by atoms with Crippen LogP contribution in [0.15, 0.2) is 30.3 Å². The van der Waals surface area contributed by atoms with Crippen LogP contribution in [0.2, 0.25) is 0 Å². The number of pyridine rings is 1. The van der Waals surface area contributed by atoms with Gasteiger partial charge in [-0.05, 0) is 42.8 Å². The molecule has 1 N–H and O–H groups in total. The molecule has 0 unspecified atom stereocenters. The largest absolute Gasteiger partial charge is 0.433 e. The van der Waals surface area contributed by atoms with Crippen LogP contribution in [0.1, 0.15) is 20.9 Å². The predicted molar refractivity (Wildman–Crippen MR) is 87.0 cm³/mol. The SMILES string of the molecule is [2H]C([2H])([2H])N(C(=O)CNc1nc(C(F)(F)F)cc(C)c1C#N)c1ccc(F)cc1. The minimum atomic E-state index is -4.78. The molecule has 2 aromatic rings. The number of halogens is 4. The number of carbonyl (C=O) groups is 1. The molecule has 1 aromatic heterocycles. The fraction of sp³-hybridized carbons (Fsp3) is 0.235. The fourth-order valence-corrected chi connectivity index (χ4v) is 2.06. The number of benzene rings is 1. The van der Waals surface area contributed by atoms with Crippen LogP contribution in [-0.2, 0) is 11.0 Å². The first kappa shape index (κ1) is 15.1. The van der Waals surface area contributed by atoms with Crippen molar-refractivity contribution in [1.82, 2.24) is 4.98 Å². The summed E-state index contributed by atoms with van der Waals surface area (Å²) >= 11 is 0. The van der Waals surface area contributed by atoms with Crippen LogP contribution in [0.4, 0.5) is 29.1 Å². The molecule has 5 nitrogen and oxygen atoms in total. The van der Waals surface area contributed by atoms with Gasteiger partial charge < -0.3 is 10.2 Å². The maximum atomic E-state index is 13.1. The van der Waals surface area contributed by atoms with Gasteiger partial charge in [0.05, 0.1) is 12.1 Å². The molecule has 0 radical (unpaired) electrons. The van der Waals surface area contributed by atoms with Crippen molar-refractivity contribution >= 4 is 17.4 Å². The molecule has 0 aliphatic rings. The monoisotopic (exact) mass is 369 g/mol. The number of alkyl halides is 3. The highest BCUT2D eigenvalue weighted by Crippen LogP contribution is 2.31. The van der Waals surface area contributed by atoms with Gasteiger partial charge >= 0.3 is 6.18 Å². The summed E-state index contributed by atoms with van der Waals surface area (Å²) in [6.07, 6.45) is -4.78. The third kappa shape index (κ3) is 4.27. The van der Waals surface area contributed by atoms with E-state index in [1.807, 2.05) is 0 Å². The molecule has 1 heterocycles. The summed E-state index contributed by atoms with van der Waals surface area (Å²) < 4.78 is 74.6. The van der Waals surface area contributed by atoms with Gasteiger partial charge in [-0.1, -0.05) is 0 Å². The lowest BCUT2D eigenvalue weighted by Gasteiger charge is -2.18. The molecule has 136 valence electrons. The third-order valence-corrected chi connectivity index (χ3v) is 3.36. The quantitative estimate of drug-likeness (QED) is 0.838. The molecule has 26 heavy (non-hydrogen) atoms. The molecule has 0 fully saturated rings. The van der Waals surface area contributed by atoms with E-state index in [-0.39, 0.29) is 16.8 Å². The number of aromatic nitrogens is 1. The molecule has 9 heteroatoms. The number of amides is 1. The number of carbonyl (C=O) groups excluding carboxylic acids is 1. The Morgan fingerprint density at radius 3 is 2.58 bits per heavy atom. The average Bonchev–Trinajstić information content (AvgIpc) is 2.59. The van der Waals surface area contributed by atoms with Crippen molar-refractivity contribution in [2.75, 3.05) is 23.7 Å². The van der Waals surface area contributed by atoms with Crippen molar-refractivity contribution in [3.05, 3.63) is 53.0 Å². The van der Waals surface area contributed by atoms with Gasteiger partial charge in [-0.15, -0.1) is 0 Å². The highest BCUT2D eigenvalue weighted by Gasteiger charge is 2.34. The van der Waals surface area contributed by atoms with Crippen LogP contribution >= 0.6 is 0 Å². The van der Waals surface area contributed by atoms with Gasteiger partial charge in [0, 0.05) is 16.8 Å². The molecule has 0 saturated carbocycles. The average molecular weight is 369 g/mol. The number of nitrogens with one attached hydrogen (secondary N) is 1. The number of aryl methyl sites for hydroxylation is 1. The van der Waals surface area contributed by atoms with Gasteiger partial charge in [0.25, 0.3) is 0 Å². The van der Waals surface area contributed by atoms with Gasteiger partial charge in [0.2, 0.25) is 5.91 Å². The van der Waals surface area contributed by atoms with E-state index < -0.39 is 42.9 Å². The van der Waals surface area contributed by atoms with E-state index in [1.54, 1.807) is 6.07 Å². The van der Waals surface area contributed by atoms with Gasteiger partial charge in [-0.3, -0.25) is 4.79 Å². The molecular weight excluding hydrogens is 352 g/mol. The molecule has 0 saturated heterocycles. The second-order valence-electron chi connectivity index (χ2n) is 5.22. The highest BCUT2D eigenvalue weighted by molar-refractivity contribution is 5.95. The van der Waals surface area contributed by atoms with E-state index >= 15 is 0 Å². The van der Waals surface area contributed by atoms with Gasteiger partial charge in [-0.25, -0.2) is 9.37 Å². The van der Waals surface area contributed by atoms with Crippen molar-refractivity contribution in [1.29, 1.82) is 5.26 Å². The Morgan fingerprint density at radius 1 is 1.38 bits per heavy atom. The zero-order chi connectivity index (χ0) is 22.0. The Hall–Kier alpha value is -3.15. The van der Waals surface area contributed by atoms with Crippen molar-refractivity contribution in [3.8, 4) is 6.07 Å². The van der Waals surface area contributed by atoms with E-state index in [0.717, 1.165) is 24.3 Å². The van der Waals surface area contributed by atoms with Crippen LogP contribution in [0.5, 0.6) is 0 Å². The fourth-order valence-electron chi connectivity index (χ4n) is 2.06. The van der Waals surface area contributed by atoms with E-state index in [1.165, 1.54) is 6.92 Å². The second-order valence-corrected chi connectivity index (χ2v) is 5.22. The van der Waals surface area contributed by atoms with E-state index in [2.05, 4.69) is 10.3 Å². The predicted octanol–water partition coefficient (Wildman–Crippen LogP) is 3.49. The summed E-state index contributed by atoms with van der Waals surface area (Å²) in [7, 11) is 0. The zero-order valence-electron chi connectivity index (χ0n) is 16.4. The Bertz CT molecular complexity index is 953. The van der Waals surface area contributed by atoms with Crippen LogP contribution in [0, 0.1) is 24.1 Å². The molecule has 0 bridgehead atoms. The number of rotatable bonds is 4. The minimum Gasteiger partial charge on any atom is -0.360 e. The first-order valence-corrected chi connectivity index (χ1v) is 7.16. The van der Waals surface area contributed by atoms with Crippen LogP contribution in [-0.4, -0.2) is 24.4 Å². The number of likely N-dealkylation sites (N-methyl/N-ethyl adjacent to an activating group) is 1. The number of nitriles is 1. The summed E-state index contributed by atoms with van der Waals surface area (Å²) in [6, 6.07) is 6.46. The summed E-state index contributed by atoms with van der Waals surface area (Å²) in [5, 5.41) is 11.5. The number of anilines is 2. The molecule has 0 aliphatic carbocycles. The molecule has 0 spiro atoms. The standard InChI is InChI=1S/C17H14F4N4O/c1-10-7-14(17(19,20)21)24-16(13(10)8-22)23-9-15(26)25(2)12-5-3-11(18)4-6-12/h3-7H,9H2,1-2H3,(H,23,24)/i2D3. The van der Waals surface area contributed by atoms with Crippen LogP contribution in [0.3, 0.4) is 0 Å². The number of nitrogens with zero attached hydrogens (tertiary/aromatic N) is 3. The van der Waals surface area contributed by atoms with Crippen LogP contribution < -0.4 is 10.2 Å². The summed E-state index contributed by atoms with van der Waals surface area (Å²) in [4.78, 5) is 16.2. The van der Waals surface area contributed by atoms with Gasteiger partial charge in [0.15, 0.2) is 0 Å². The van der Waals surface area contributed by atoms with Crippen LogP contribution in [0.25, 0.3) is 0 Å². The maximum Gasteiger partial charge on any atom is 0.433 e. The lowest BCUT2D eigenvalue weighted by molar-refractivity contribution is -0.141. The molecule has 0 atom stereocenters. The first-order valence-electron chi connectivity index (χ1n) is 8.66. The molecular formula is C17H14F4N4O. The zero-order valence-corrected chi connectivity index (χ0v) is 13.4. The lowest BCUT2D eigenvalue weighted by atomic mass is 10.1. The molecule has 0 aliphatic heterocycles. The van der Waals surface area contributed by atoms with Crippen molar-refractivity contribution in [2.24, 2.45) is 0 Å². The Balaban J connectivity index is 2.34. The smallest absolute Gasteiger partial charge is 0.360 e. The van der Waals surface area contributed by atoms with Crippen molar-refractivity contribution < 1.29 is 26.5 Å². The van der Waals surface area contributed by atoms with Gasteiger partial charge in [0.1, 0.15) is 23.4 Å². The Kier molecular flexibility index (Phi) is 4.30. The topological polar surface area (TPSA) is 69.0 Å². The molecule has 1 aromatic carbocycles. The number of hydrogen-bond donors (Lipinski definition) is 1. The summed E-state index contributed by atoms with van der Waals surface area (Å²) in [5.74, 6) is -2.19. The molecule has 2 rings (SSSR count). The Morgan fingerprint density at radius 2 is 2.04 bits per heavy atom. The minimum absolute atomic E-state index is 0.0176. The second kappa shape index (κ2) is 7.39. The highest BCUT2D eigenvalue weighted by atomic mass is 19.4. The normalized spacial score (nSPS) is 13.2. The third-order valence-electron chi connectivity index (χ3n) is 3.36. The molecule has 1 amide bonds. The summed E-state index contributed by atoms with van der Waals surface area (Å²) in [6.45, 7) is -2.43. The van der Waals surface area contributed by atoms with E-state index in [9.17, 15) is 22.4 Å². The maximum absolute atomic E-state index is 13.1. The van der Waals surface area contributed by atoms with E-state index in [0.29, 0.717) is 11.0 Å².